The molecule has 0 saturated carbocycles. The van der Waals surface area contributed by atoms with Crippen LogP contribution in [0.25, 0.3) is 10.9 Å². The lowest BCUT2D eigenvalue weighted by atomic mass is 10.2. The molecule has 7 heteroatoms. The summed E-state index contributed by atoms with van der Waals surface area (Å²) in [6, 6.07) is 12.8. The van der Waals surface area contributed by atoms with Gasteiger partial charge in [0, 0.05) is 10.2 Å². The molecule has 0 fully saturated rings. The number of H-pyrrole nitrogens is 1. The Labute approximate surface area is 159 Å². The average molecular weight is 415 g/mol. The maximum atomic E-state index is 12.2. The van der Waals surface area contributed by atoms with E-state index in [1.54, 1.807) is 23.1 Å². The normalized spacial score (nSPS) is 11.1. The third kappa shape index (κ3) is 4.36. The van der Waals surface area contributed by atoms with Gasteiger partial charge in [0.2, 0.25) is 5.91 Å². The average Bonchev–Trinajstić information content (AvgIpc) is 2.58. The van der Waals surface area contributed by atoms with Crippen LogP contribution in [-0.4, -0.2) is 34.4 Å². The van der Waals surface area contributed by atoms with Crippen LogP contribution in [0.3, 0.4) is 0 Å². The molecule has 1 amide bonds. The molecule has 0 atom stereocenters. The predicted octanol–water partition coefficient (Wildman–Crippen LogP) is 3.06. The number of benzene rings is 2. The van der Waals surface area contributed by atoms with E-state index in [1.807, 2.05) is 38.2 Å². The van der Waals surface area contributed by atoms with E-state index in [9.17, 15) is 9.59 Å². The minimum absolute atomic E-state index is 0.127. The van der Waals surface area contributed by atoms with Crippen LogP contribution in [0, 0.1) is 6.92 Å². The summed E-state index contributed by atoms with van der Waals surface area (Å²) in [5.41, 5.74) is 2.28. The van der Waals surface area contributed by atoms with Crippen molar-refractivity contribution in [2.45, 2.75) is 13.5 Å². The van der Waals surface area contributed by atoms with Crippen LogP contribution >= 0.6 is 15.9 Å². The van der Waals surface area contributed by atoms with Crippen molar-refractivity contribution in [2.75, 3.05) is 18.9 Å². The summed E-state index contributed by atoms with van der Waals surface area (Å²) >= 11 is 3.44. The molecule has 2 aromatic carbocycles. The Morgan fingerprint density at radius 1 is 1.27 bits per heavy atom. The smallest absolute Gasteiger partial charge is 0.258 e. The molecule has 1 heterocycles. The molecule has 0 bridgehead atoms. The zero-order valence-electron chi connectivity index (χ0n) is 14.5. The van der Waals surface area contributed by atoms with E-state index in [0.717, 1.165) is 15.7 Å². The minimum atomic E-state index is -0.172. The molecular formula is C19H19BrN4O2. The minimum Gasteiger partial charge on any atom is -0.325 e. The van der Waals surface area contributed by atoms with E-state index in [4.69, 9.17) is 0 Å². The highest BCUT2D eigenvalue weighted by atomic mass is 79.9. The number of aromatic amines is 1. The first-order valence-corrected chi connectivity index (χ1v) is 8.94. The number of rotatable bonds is 5. The number of para-hydroxylation sites is 1. The van der Waals surface area contributed by atoms with Gasteiger partial charge in [-0.25, -0.2) is 4.98 Å². The van der Waals surface area contributed by atoms with Crippen molar-refractivity contribution in [3.8, 4) is 0 Å². The van der Waals surface area contributed by atoms with Crippen molar-refractivity contribution in [1.29, 1.82) is 0 Å². The fourth-order valence-corrected chi connectivity index (χ4v) is 2.94. The number of carbonyl (C=O) groups excluding carboxylic acids is 1. The molecule has 26 heavy (non-hydrogen) atoms. The van der Waals surface area contributed by atoms with Gasteiger partial charge in [0.1, 0.15) is 5.82 Å². The van der Waals surface area contributed by atoms with Crippen molar-refractivity contribution in [1.82, 2.24) is 14.9 Å². The van der Waals surface area contributed by atoms with Crippen LogP contribution in [0.5, 0.6) is 0 Å². The number of aromatic nitrogens is 2. The van der Waals surface area contributed by atoms with Crippen molar-refractivity contribution in [3.63, 3.8) is 0 Å². The lowest BCUT2D eigenvalue weighted by Crippen LogP contribution is -2.31. The molecule has 0 saturated heterocycles. The van der Waals surface area contributed by atoms with Crippen LogP contribution in [0.2, 0.25) is 0 Å². The fraction of sp³-hybridized carbons (Fsp3) is 0.211. The number of likely N-dealkylation sites (N-methyl/N-ethyl adjacent to an activating group) is 1. The second-order valence-corrected chi connectivity index (χ2v) is 7.07. The van der Waals surface area contributed by atoms with Gasteiger partial charge in [-0.1, -0.05) is 28.1 Å². The number of anilines is 1. The molecule has 2 N–H and O–H groups in total. The third-order valence-corrected chi connectivity index (χ3v) is 4.83. The van der Waals surface area contributed by atoms with Crippen molar-refractivity contribution in [2.24, 2.45) is 0 Å². The second kappa shape index (κ2) is 7.80. The Morgan fingerprint density at radius 3 is 2.81 bits per heavy atom. The first-order chi connectivity index (χ1) is 12.4. The number of nitrogens with zero attached hydrogens (tertiary/aromatic N) is 2. The van der Waals surface area contributed by atoms with Gasteiger partial charge in [-0.3, -0.25) is 14.5 Å². The van der Waals surface area contributed by atoms with Crippen LogP contribution in [0.4, 0.5) is 5.69 Å². The quantitative estimate of drug-likeness (QED) is 0.672. The number of amides is 1. The molecule has 3 rings (SSSR count). The Kier molecular flexibility index (Phi) is 5.49. The Morgan fingerprint density at radius 2 is 2.04 bits per heavy atom. The Balaban J connectivity index is 1.64. The first kappa shape index (κ1) is 18.3. The Hall–Kier alpha value is -2.51. The molecule has 6 nitrogen and oxygen atoms in total. The number of hydrogen-bond donors (Lipinski definition) is 2. The number of nitrogens with one attached hydrogen (secondary N) is 2. The summed E-state index contributed by atoms with van der Waals surface area (Å²) in [5.74, 6) is 0.404. The summed E-state index contributed by atoms with van der Waals surface area (Å²) in [4.78, 5) is 33.4. The molecule has 0 radical (unpaired) electrons. The molecule has 0 spiro atoms. The number of carbonyl (C=O) groups is 1. The van der Waals surface area contributed by atoms with Gasteiger partial charge in [0.05, 0.1) is 24.0 Å². The predicted molar refractivity (Wildman–Crippen MR) is 106 cm³/mol. The van der Waals surface area contributed by atoms with Gasteiger partial charge in [-0.2, -0.15) is 0 Å². The third-order valence-electron chi connectivity index (χ3n) is 3.94. The van der Waals surface area contributed by atoms with E-state index < -0.39 is 0 Å². The number of hydrogen-bond acceptors (Lipinski definition) is 4. The number of fused-ring (bicyclic) bond motifs is 1. The molecule has 0 unspecified atom stereocenters. The largest absolute Gasteiger partial charge is 0.325 e. The highest BCUT2D eigenvalue weighted by Gasteiger charge is 2.10. The summed E-state index contributed by atoms with van der Waals surface area (Å²) < 4.78 is 0.999. The van der Waals surface area contributed by atoms with E-state index in [-0.39, 0.29) is 18.0 Å². The lowest BCUT2D eigenvalue weighted by Gasteiger charge is -2.16. The molecule has 0 aliphatic rings. The van der Waals surface area contributed by atoms with Crippen molar-refractivity contribution < 1.29 is 4.79 Å². The number of aryl methyl sites for hydroxylation is 1. The van der Waals surface area contributed by atoms with Crippen LogP contribution < -0.4 is 10.9 Å². The maximum Gasteiger partial charge on any atom is 0.258 e. The van der Waals surface area contributed by atoms with E-state index in [1.165, 1.54) is 0 Å². The van der Waals surface area contributed by atoms with Crippen molar-refractivity contribution >= 4 is 38.4 Å². The van der Waals surface area contributed by atoms with Crippen LogP contribution in [0.1, 0.15) is 11.4 Å². The highest BCUT2D eigenvalue weighted by molar-refractivity contribution is 9.10. The molecular weight excluding hydrogens is 396 g/mol. The monoisotopic (exact) mass is 414 g/mol. The van der Waals surface area contributed by atoms with E-state index >= 15 is 0 Å². The zero-order chi connectivity index (χ0) is 18.7. The first-order valence-electron chi connectivity index (χ1n) is 8.15. The summed E-state index contributed by atoms with van der Waals surface area (Å²) in [7, 11) is 1.81. The maximum absolute atomic E-state index is 12.2. The van der Waals surface area contributed by atoms with Gasteiger partial charge in [-0.15, -0.1) is 0 Å². The summed E-state index contributed by atoms with van der Waals surface area (Å²) in [5, 5.41) is 3.43. The standard InChI is InChI=1S/C19H19BrN4O2/c1-12-9-13(7-8-15(12)20)21-18(25)11-24(2)10-17-22-16-6-4-3-5-14(16)19(26)23-17/h3-9H,10-11H2,1-2H3,(H,21,25)(H,22,23,26). The molecule has 134 valence electrons. The van der Waals surface area contributed by atoms with Crippen LogP contribution in [0.15, 0.2) is 51.7 Å². The molecule has 0 aliphatic heterocycles. The molecule has 1 aromatic heterocycles. The van der Waals surface area contributed by atoms with Gasteiger partial charge >= 0.3 is 0 Å². The highest BCUT2D eigenvalue weighted by Crippen LogP contribution is 2.19. The summed E-state index contributed by atoms with van der Waals surface area (Å²) in [6.07, 6.45) is 0. The zero-order valence-corrected chi connectivity index (χ0v) is 16.1. The van der Waals surface area contributed by atoms with Crippen LogP contribution in [-0.2, 0) is 11.3 Å². The number of halogens is 1. The van der Waals surface area contributed by atoms with Gasteiger partial charge in [0.15, 0.2) is 0 Å². The van der Waals surface area contributed by atoms with Gasteiger partial charge in [0.25, 0.3) is 5.56 Å². The second-order valence-electron chi connectivity index (χ2n) is 6.21. The lowest BCUT2D eigenvalue weighted by molar-refractivity contribution is -0.117. The topological polar surface area (TPSA) is 78.1 Å². The van der Waals surface area contributed by atoms with E-state index in [2.05, 4.69) is 31.2 Å². The Bertz CT molecular complexity index is 1020. The fourth-order valence-electron chi connectivity index (χ4n) is 2.69. The van der Waals surface area contributed by atoms with Gasteiger partial charge in [-0.05, 0) is 49.9 Å². The molecule has 0 aliphatic carbocycles. The van der Waals surface area contributed by atoms with Gasteiger partial charge < -0.3 is 10.3 Å². The van der Waals surface area contributed by atoms with Crippen molar-refractivity contribution in [3.05, 3.63) is 68.7 Å². The SMILES string of the molecule is Cc1cc(NC(=O)CN(C)Cc2nc3ccccc3c(=O)[nH]2)ccc1Br. The van der Waals surface area contributed by atoms with E-state index in [0.29, 0.717) is 23.3 Å². The molecule has 3 aromatic rings. The summed E-state index contributed by atoms with van der Waals surface area (Å²) in [6.45, 7) is 2.52.